The molecule has 144 valence electrons. The number of nitrogens with one attached hydrogen (secondary N) is 1. The van der Waals surface area contributed by atoms with E-state index in [2.05, 4.69) is 9.62 Å². The van der Waals surface area contributed by atoms with Gasteiger partial charge in [-0.1, -0.05) is 0 Å². The Morgan fingerprint density at radius 2 is 1.56 bits per heavy atom. The van der Waals surface area contributed by atoms with Crippen molar-refractivity contribution in [2.75, 3.05) is 29.8 Å². The first kappa shape index (κ1) is 18.2. The highest BCUT2D eigenvalue weighted by molar-refractivity contribution is 7.92. The van der Waals surface area contributed by atoms with E-state index in [1.165, 1.54) is 25.5 Å². The molecule has 1 aliphatic carbocycles. The van der Waals surface area contributed by atoms with Crippen LogP contribution in [0.1, 0.15) is 36.8 Å². The Balaban J connectivity index is 1.59. The van der Waals surface area contributed by atoms with Crippen molar-refractivity contribution in [2.45, 2.75) is 43.4 Å². The number of rotatable bonds is 5. The van der Waals surface area contributed by atoms with Gasteiger partial charge in [-0.15, -0.1) is 0 Å². The van der Waals surface area contributed by atoms with Gasteiger partial charge in [-0.3, -0.25) is 4.72 Å². The predicted molar refractivity (Wildman–Crippen MR) is 108 cm³/mol. The molecule has 1 N–H and O–H groups in total. The second-order valence-corrected chi connectivity index (χ2v) is 8.98. The number of hydrogen-bond donors (Lipinski definition) is 1. The minimum Gasteiger partial charge on any atom is -0.495 e. The zero-order valence-corrected chi connectivity index (χ0v) is 16.5. The van der Waals surface area contributed by atoms with Gasteiger partial charge in [-0.25, -0.2) is 8.42 Å². The Morgan fingerprint density at radius 1 is 0.926 bits per heavy atom. The third-order valence-electron chi connectivity index (χ3n) is 5.51. The molecule has 0 bridgehead atoms. The highest BCUT2D eigenvalue weighted by Crippen LogP contribution is 2.33. The molecule has 1 fully saturated rings. The van der Waals surface area contributed by atoms with Crippen molar-refractivity contribution in [3.63, 3.8) is 0 Å². The number of aryl methyl sites for hydroxylation is 2. The Hall–Kier alpha value is -2.21. The molecular formula is C21H26N2O3S. The van der Waals surface area contributed by atoms with Crippen molar-refractivity contribution >= 4 is 21.4 Å². The zero-order chi connectivity index (χ0) is 18.9. The third-order valence-corrected chi connectivity index (χ3v) is 6.91. The lowest BCUT2D eigenvalue weighted by Gasteiger charge is -2.20. The summed E-state index contributed by atoms with van der Waals surface area (Å²) < 4.78 is 34.1. The van der Waals surface area contributed by atoms with E-state index in [9.17, 15) is 8.42 Å². The molecule has 0 aromatic heterocycles. The van der Waals surface area contributed by atoms with Gasteiger partial charge >= 0.3 is 0 Å². The van der Waals surface area contributed by atoms with Crippen molar-refractivity contribution in [3.8, 4) is 5.75 Å². The molecule has 27 heavy (non-hydrogen) atoms. The maximum absolute atomic E-state index is 13.0. The molecule has 1 heterocycles. The Kier molecular flexibility index (Phi) is 5.00. The van der Waals surface area contributed by atoms with Crippen LogP contribution in [0, 0.1) is 0 Å². The van der Waals surface area contributed by atoms with Crippen LogP contribution in [0.15, 0.2) is 41.3 Å². The largest absolute Gasteiger partial charge is 0.495 e. The van der Waals surface area contributed by atoms with Gasteiger partial charge in [-0.2, -0.15) is 0 Å². The number of benzene rings is 2. The van der Waals surface area contributed by atoms with E-state index in [0.29, 0.717) is 11.4 Å². The van der Waals surface area contributed by atoms with Crippen LogP contribution in [0.5, 0.6) is 5.75 Å². The molecule has 0 radical (unpaired) electrons. The number of nitrogens with zero attached hydrogens (tertiary/aromatic N) is 1. The lowest BCUT2D eigenvalue weighted by Crippen LogP contribution is -2.18. The summed E-state index contributed by atoms with van der Waals surface area (Å²) in [4.78, 5) is 2.54. The molecule has 2 aliphatic rings. The lowest BCUT2D eigenvalue weighted by atomic mass is 9.92. The Labute approximate surface area is 161 Å². The molecule has 4 rings (SSSR count). The van der Waals surface area contributed by atoms with Gasteiger partial charge < -0.3 is 9.64 Å². The first-order valence-corrected chi connectivity index (χ1v) is 11.1. The zero-order valence-electron chi connectivity index (χ0n) is 15.7. The quantitative estimate of drug-likeness (QED) is 0.845. The summed E-state index contributed by atoms with van der Waals surface area (Å²) in [6.45, 7) is 2.13. The maximum Gasteiger partial charge on any atom is 0.265 e. The van der Waals surface area contributed by atoms with Crippen molar-refractivity contribution < 1.29 is 13.2 Å². The van der Waals surface area contributed by atoms with Crippen LogP contribution in [-0.2, 0) is 22.9 Å². The third kappa shape index (κ3) is 3.76. The smallest absolute Gasteiger partial charge is 0.265 e. The van der Waals surface area contributed by atoms with Crippen molar-refractivity contribution in [3.05, 3.63) is 47.5 Å². The van der Waals surface area contributed by atoms with Crippen molar-refractivity contribution in [2.24, 2.45) is 0 Å². The minimum absolute atomic E-state index is 0.217. The van der Waals surface area contributed by atoms with Crippen LogP contribution >= 0.6 is 0 Å². The highest BCUT2D eigenvalue weighted by atomic mass is 32.2. The monoisotopic (exact) mass is 386 g/mol. The summed E-state index contributed by atoms with van der Waals surface area (Å²) in [5, 5.41) is 0. The van der Waals surface area contributed by atoms with E-state index >= 15 is 0 Å². The predicted octanol–water partition coefficient (Wildman–Crippen LogP) is 3.98. The molecular weight excluding hydrogens is 360 g/mol. The van der Waals surface area contributed by atoms with Gasteiger partial charge in [0.2, 0.25) is 0 Å². The second-order valence-electron chi connectivity index (χ2n) is 7.33. The fraction of sp³-hybridized carbons (Fsp3) is 0.429. The van der Waals surface area contributed by atoms with E-state index < -0.39 is 10.0 Å². The normalized spacial score (nSPS) is 16.9. The molecule has 2 aromatic rings. The van der Waals surface area contributed by atoms with Crippen LogP contribution in [0.3, 0.4) is 0 Å². The van der Waals surface area contributed by atoms with Gasteiger partial charge in [0.1, 0.15) is 10.6 Å². The standard InChI is InChI=1S/C21H26N2O3S/c1-26-20-14-16-6-2-3-7-17(16)15-21(20)27(24,25)22-18-8-10-19(11-9-18)23-12-4-5-13-23/h8-11,14-15,22H,2-7,12-13H2,1H3. The lowest BCUT2D eigenvalue weighted by molar-refractivity contribution is 0.401. The summed E-state index contributed by atoms with van der Waals surface area (Å²) in [5.41, 5.74) is 4.03. The topological polar surface area (TPSA) is 58.6 Å². The number of fused-ring (bicyclic) bond motifs is 1. The molecule has 6 heteroatoms. The average Bonchev–Trinajstić information content (AvgIpc) is 3.22. The second kappa shape index (κ2) is 7.43. The van der Waals surface area contributed by atoms with E-state index in [1.807, 2.05) is 30.3 Å². The number of hydrogen-bond acceptors (Lipinski definition) is 4. The van der Waals surface area contributed by atoms with E-state index in [1.54, 1.807) is 6.07 Å². The summed E-state index contributed by atoms with van der Waals surface area (Å²) in [6, 6.07) is 11.3. The fourth-order valence-corrected chi connectivity index (χ4v) is 5.30. The van der Waals surface area contributed by atoms with Gasteiger partial charge in [-0.05, 0) is 86.1 Å². The summed E-state index contributed by atoms with van der Waals surface area (Å²) in [7, 11) is -2.19. The molecule has 5 nitrogen and oxygen atoms in total. The van der Waals surface area contributed by atoms with Gasteiger partial charge in [0.15, 0.2) is 0 Å². The molecule has 1 aliphatic heterocycles. The molecule has 0 unspecified atom stereocenters. The van der Waals surface area contributed by atoms with Crippen LogP contribution < -0.4 is 14.4 Å². The molecule has 0 amide bonds. The van der Waals surface area contributed by atoms with E-state index in [-0.39, 0.29) is 4.90 Å². The highest BCUT2D eigenvalue weighted by Gasteiger charge is 2.23. The Morgan fingerprint density at radius 3 is 2.19 bits per heavy atom. The molecule has 0 atom stereocenters. The van der Waals surface area contributed by atoms with E-state index in [4.69, 9.17) is 4.74 Å². The first-order valence-electron chi connectivity index (χ1n) is 9.64. The van der Waals surface area contributed by atoms with Crippen LogP contribution in [0.2, 0.25) is 0 Å². The maximum atomic E-state index is 13.0. The molecule has 1 saturated heterocycles. The number of methoxy groups -OCH3 is 1. The minimum atomic E-state index is -3.71. The molecule has 2 aromatic carbocycles. The molecule has 0 saturated carbocycles. The molecule has 0 spiro atoms. The first-order chi connectivity index (χ1) is 13.1. The number of anilines is 2. The van der Waals surface area contributed by atoms with Crippen LogP contribution in [0.4, 0.5) is 11.4 Å². The van der Waals surface area contributed by atoms with Gasteiger partial charge in [0.25, 0.3) is 10.0 Å². The van der Waals surface area contributed by atoms with Crippen LogP contribution in [0.25, 0.3) is 0 Å². The Bertz CT molecular complexity index is 917. The van der Waals surface area contributed by atoms with Crippen molar-refractivity contribution in [1.82, 2.24) is 0 Å². The van der Waals surface area contributed by atoms with Gasteiger partial charge in [0, 0.05) is 24.5 Å². The summed E-state index contributed by atoms with van der Waals surface area (Å²) >= 11 is 0. The number of ether oxygens (including phenoxy) is 1. The fourth-order valence-electron chi connectivity index (χ4n) is 4.04. The SMILES string of the molecule is COc1cc2c(cc1S(=O)(=O)Nc1ccc(N3CCCC3)cc1)CCCC2. The van der Waals surface area contributed by atoms with Crippen LogP contribution in [-0.4, -0.2) is 28.6 Å². The number of sulfonamides is 1. The average molecular weight is 387 g/mol. The van der Waals surface area contributed by atoms with Gasteiger partial charge in [0.05, 0.1) is 7.11 Å². The summed E-state index contributed by atoms with van der Waals surface area (Å²) in [5.74, 6) is 0.414. The van der Waals surface area contributed by atoms with Crippen molar-refractivity contribution in [1.29, 1.82) is 0 Å². The summed E-state index contributed by atoms with van der Waals surface area (Å²) in [6.07, 6.45) is 6.58. The van der Waals surface area contributed by atoms with E-state index in [0.717, 1.165) is 50.0 Å².